The first kappa shape index (κ1) is 14.6. The molecule has 1 N–H and O–H groups in total. The monoisotopic (exact) mass is 259 g/mol. The molecule has 19 heavy (non-hydrogen) atoms. The number of hydrogen-bond donors (Lipinski definition) is 1. The van der Waals surface area contributed by atoms with Crippen LogP contribution in [0.4, 0.5) is 0 Å². The summed E-state index contributed by atoms with van der Waals surface area (Å²) < 4.78 is 0. The zero-order valence-corrected chi connectivity index (χ0v) is 12.6. The van der Waals surface area contributed by atoms with Gasteiger partial charge in [-0.25, -0.2) is 0 Å². The van der Waals surface area contributed by atoms with Crippen LogP contribution < -0.4 is 5.32 Å². The number of nitrogens with one attached hydrogen (secondary N) is 1. The smallest absolute Gasteiger partial charge is 0.00202 e. The molecule has 1 heteroatoms. The van der Waals surface area contributed by atoms with Gasteiger partial charge in [0.15, 0.2) is 0 Å². The number of hydrogen-bond acceptors (Lipinski definition) is 1. The van der Waals surface area contributed by atoms with Gasteiger partial charge < -0.3 is 5.32 Å². The summed E-state index contributed by atoms with van der Waals surface area (Å²) in [5.74, 6) is 1.67. The fraction of sp³-hybridized carbons (Fsp3) is 0.667. The van der Waals surface area contributed by atoms with Gasteiger partial charge in [-0.1, -0.05) is 62.4 Å². The highest BCUT2D eigenvalue weighted by molar-refractivity contribution is 5.25. The minimum atomic E-state index is 0.704. The predicted octanol–water partition coefficient (Wildman–Crippen LogP) is 4.66. The second-order valence-electron chi connectivity index (χ2n) is 6.20. The molecule has 0 saturated heterocycles. The summed E-state index contributed by atoms with van der Waals surface area (Å²) in [6.07, 6.45) is 8.41. The van der Waals surface area contributed by atoms with Crippen molar-refractivity contribution >= 4 is 0 Å². The third-order valence-electron chi connectivity index (χ3n) is 4.46. The van der Waals surface area contributed by atoms with E-state index in [2.05, 4.69) is 43.4 Å². The highest BCUT2D eigenvalue weighted by Gasteiger charge is 2.21. The van der Waals surface area contributed by atoms with E-state index in [1.165, 1.54) is 49.7 Å². The molecule has 2 rings (SSSR count). The van der Waals surface area contributed by atoms with E-state index in [9.17, 15) is 0 Å². The Morgan fingerprint density at radius 2 is 1.84 bits per heavy atom. The first-order valence-corrected chi connectivity index (χ1v) is 8.07. The second-order valence-corrected chi connectivity index (χ2v) is 6.20. The maximum Gasteiger partial charge on any atom is 0.00202 e. The molecule has 1 aromatic rings. The van der Waals surface area contributed by atoms with E-state index in [0.717, 1.165) is 19.0 Å². The van der Waals surface area contributed by atoms with E-state index in [-0.39, 0.29) is 0 Å². The van der Waals surface area contributed by atoms with Crippen LogP contribution in [0.3, 0.4) is 0 Å². The van der Waals surface area contributed by atoms with Crippen LogP contribution in [-0.4, -0.2) is 13.1 Å². The van der Waals surface area contributed by atoms with E-state index < -0.39 is 0 Å². The molecule has 1 nitrogen and oxygen atoms in total. The first-order valence-electron chi connectivity index (χ1n) is 8.07. The standard InChI is InChI=1S/C18H29N/c1-3-12-19-14-18(13-16-6-4-5-7-16)17-10-8-15(2)9-11-17/h8-11,16,18-19H,3-7,12-14H2,1-2H3. The van der Waals surface area contributed by atoms with Crippen molar-refractivity contribution in [2.45, 2.75) is 58.3 Å². The lowest BCUT2D eigenvalue weighted by Gasteiger charge is -2.22. The number of aryl methyl sites for hydroxylation is 1. The summed E-state index contributed by atoms with van der Waals surface area (Å²) in [4.78, 5) is 0. The van der Waals surface area contributed by atoms with Crippen LogP contribution in [0.1, 0.15) is 62.5 Å². The second kappa shape index (κ2) is 7.69. The fourth-order valence-corrected chi connectivity index (χ4v) is 3.28. The molecule has 106 valence electrons. The molecular formula is C18H29N. The Hall–Kier alpha value is -0.820. The van der Waals surface area contributed by atoms with Crippen molar-refractivity contribution < 1.29 is 0 Å². The largest absolute Gasteiger partial charge is 0.316 e. The van der Waals surface area contributed by atoms with E-state index in [1.54, 1.807) is 0 Å². The van der Waals surface area contributed by atoms with Crippen LogP contribution >= 0.6 is 0 Å². The number of rotatable bonds is 7. The summed E-state index contributed by atoms with van der Waals surface area (Å²) in [7, 11) is 0. The van der Waals surface area contributed by atoms with Crippen LogP contribution in [0.15, 0.2) is 24.3 Å². The van der Waals surface area contributed by atoms with Crippen LogP contribution in [-0.2, 0) is 0 Å². The van der Waals surface area contributed by atoms with Gasteiger partial charge in [-0.3, -0.25) is 0 Å². The van der Waals surface area contributed by atoms with Gasteiger partial charge in [-0.05, 0) is 43.7 Å². The average molecular weight is 259 g/mol. The van der Waals surface area contributed by atoms with Crippen LogP contribution in [0.5, 0.6) is 0 Å². The Morgan fingerprint density at radius 1 is 1.16 bits per heavy atom. The van der Waals surface area contributed by atoms with Crippen LogP contribution in [0.2, 0.25) is 0 Å². The highest BCUT2D eigenvalue weighted by Crippen LogP contribution is 2.33. The topological polar surface area (TPSA) is 12.0 Å². The fourth-order valence-electron chi connectivity index (χ4n) is 3.28. The molecule has 0 aliphatic heterocycles. The molecule has 0 amide bonds. The number of benzene rings is 1. The lowest BCUT2D eigenvalue weighted by atomic mass is 9.87. The van der Waals surface area contributed by atoms with Crippen molar-refractivity contribution in [2.24, 2.45) is 5.92 Å². The molecule has 1 saturated carbocycles. The Balaban J connectivity index is 1.97. The van der Waals surface area contributed by atoms with E-state index in [0.29, 0.717) is 5.92 Å². The Morgan fingerprint density at radius 3 is 2.47 bits per heavy atom. The minimum Gasteiger partial charge on any atom is -0.316 e. The average Bonchev–Trinajstić information content (AvgIpc) is 2.92. The van der Waals surface area contributed by atoms with Crippen molar-refractivity contribution in [2.75, 3.05) is 13.1 Å². The molecule has 1 fully saturated rings. The molecule has 1 aromatic carbocycles. The van der Waals surface area contributed by atoms with Crippen molar-refractivity contribution in [3.05, 3.63) is 35.4 Å². The summed E-state index contributed by atoms with van der Waals surface area (Å²) in [6, 6.07) is 9.19. The van der Waals surface area contributed by atoms with Gasteiger partial charge in [0.05, 0.1) is 0 Å². The van der Waals surface area contributed by atoms with Gasteiger partial charge in [0.2, 0.25) is 0 Å². The Labute approximate surface area is 118 Å². The zero-order chi connectivity index (χ0) is 13.5. The molecule has 1 atom stereocenters. The quantitative estimate of drug-likeness (QED) is 0.702. The molecule has 0 spiro atoms. The Kier molecular flexibility index (Phi) is 5.91. The van der Waals surface area contributed by atoms with Gasteiger partial charge in [0.1, 0.15) is 0 Å². The molecule has 0 bridgehead atoms. The normalized spacial score (nSPS) is 17.8. The summed E-state index contributed by atoms with van der Waals surface area (Å²) in [5, 5.41) is 3.62. The van der Waals surface area contributed by atoms with Gasteiger partial charge in [0.25, 0.3) is 0 Å². The van der Waals surface area contributed by atoms with E-state index in [4.69, 9.17) is 0 Å². The van der Waals surface area contributed by atoms with Crippen LogP contribution in [0, 0.1) is 12.8 Å². The lowest BCUT2D eigenvalue weighted by molar-refractivity contribution is 0.427. The van der Waals surface area contributed by atoms with Crippen molar-refractivity contribution in [1.82, 2.24) is 5.32 Å². The molecule has 0 heterocycles. The molecule has 0 aromatic heterocycles. The first-order chi connectivity index (χ1) is 9.29. The molecular weight excluding hydrogens is 230 g/mol. The van der Waals surface area contributed by atoms with Gasteiger partial charge in [0, 0.05) is 6.54 Å². The molecule has 1 aliphatic rings. The van der Waals surface area contributed by atoms with E-state index >= 15 is 0 Å². The van der Waals surface area contributed by atoms with Gasteiger partial charge in [-0.2, -0.15) is 0 Å². The highest BCUT2D eigenvalue weighted by atomic mass is 14.8. The van der Waals surface area contributed by atoms with Crippen molar-refractivity contribution in [3.63, 3.8) is 0 Å². The lowest BCUT2D eigenvalue weighted by Crippen LogP contribution is -2.23. The third-order valence-corrected chi connectivity index (χ3v) is 4.46. The minimum absolute atomic E-state index is 0.704. The molecule has 1 unspecified atom stereocenters. The Bertz CT molecular complexity index is 348. The maximum atomic E-state index is 3.62. The van der Waals surface area contributed by atoms with E-state index in [1.807, 2.05) is 0 Å². The SMILES string of the molecule is CCCNCC(CC1CCCC1)c1ccc(C)cc1. The van der Waals surface area contributed by atoms with Crippen molar-refractivity contribution in [1.29, 1.82) is 0 Å². The summed E-state index contributed by atoms with van der Waals surface area (Å²) in [6.45, 7) is 6.70. The van der Waals surface area contributed by atoms with Crippen LogP contribution in [0.25, 0.3) is 0 Å². The molecule has 1 aliphatic carbocycles. The van der Waals surface area contributed by atoms with Crippen molar-refractivity contribution in [3.8, 4) is 0 Å². The summed E-state index contributed by atoms with van der Waals surface area (Å²) >= 11 is 0. The van der Waals surface area contributed by atoms with Gasteiger partial charge >= 0.3 is 0 Å². The predicted molar refractivity (Wildman–Crippen MR) is 83.7 cm³/mol. The zero-order valence-electron chi connectivity index (χ0n) is 12.6. The summed E-state index contributed by atoms with van der Waals surface area (Å²) in [5.41, 5.74) is 2.89. The third kappa shape index (κ3) is 4.65. The van der Waals surface area contributed by atoms with Gasteiger partial charge in [-0.15, -0.1) is 0 Å². The molecule has 0 radical (unpaired) electrons. The maximum absolute atomic E-state index is 3.62.